The lowest BCUT2D eigenvalue weighted by Gasteiger charge is -2.58. The van der Waals surface area contributed by atoms with Crippen LogP contribution in [0.2, 0.25) is 5.02 Å². The van der Waals surface area contributed by atoms with E-state index < -0.39 is 28.9 Å². The van der Waals surface area contributed by atoms with Crippen LogP contribution < -0.4 is 10.1 Å². The Morgan fingerprint density at radius 3 is 2.58 bits per heavy atom. The molecule has 1 fully saturated rings. The molecule has 3 unspecified atom stereocenters. The Morgan fingerprint density at radius 1 is 1.42 bits per heavy atom. The van der Waals surface area contributed by atoms with Gasteiger partial charge in [-0.05, 0) is 44.5 Å². The first kappa shape index (κ1) is 20.5. The van der Waals surface area contributed by atoms with Crippen molar-refractivity contribution in [2.45, 2.75) is 58.8 Å². The molecule has 26 heavy (non-hydrogen) atoms. The lowest BCUT2D eigenvalue weighted by molar-refractivity contribution is -0.195. The van der Waals surface area contributed by atoms with Crippen molar-refractivity contribution in [2.24, 2.45) is 5.41 Å². The molecule has 2 rings (SSSR count). The van der Waals surface area contributed by atoms with Crippen molar-refractivity contribution in [3.63, 3.8) is 0 Å². The van der Waals surface area contributed by atoms with Gasteiger partial charge in [0.15, 0.2) is 6.10 Å². The number of ether oxygens (including phenoxy) is 2. The molecule has 1 amide bonds. The molecule has 3 atom stereocenters. The molecular formula is C19H26ClNO5. The highest BCUT2D eigenvalue weighted by Gasteiger charge is 2.66. The Labute approximate surface area is 158 Å². The summed E-state index contributed by atoms with van der Waals surface area (Å²) in [6.45, 7) is 9.36. The molecule has 1 aliphatic carbocycles. The quantitative estimate of drug-likeness (QED) is 0.755. The minimum Gasteiger partial charge on any atom is -0.481 e. The van der Waals surface area contributed by atoms with Crippen molar-refractivity contribution in [2.75, 3.05) is 6.61 Å². The van der Waals surface area contributed by atoms with E-state index in [2.05, 4.69) is 5.32 Å². The summed E-state index contributed by atoms with van der Waals surface area (Å²) in [5, 5.41) is 13.1. The third-order valence-corrected chi connectivity index (χ3v) is 5.70. The topological polar surface area (TPSA) is 84.9 Å². The third-order valence-electron chi connectivity index (χ3n) is 5.28. The number of carboxylic acids is 1. The summed E-state index contributed by atoms with van der Waals surface area (Å²) < 4.78 is 11.3. The van der Waals surface area contributed by atoms with E-state index >= 15 is 0 Å². The standard InChI is InChI=1S/C19H26ClNO5/c1-6-25-15-10-19(17(23)24,18(15,4)5)21-16(22)12(3)26-13-7-8-14(20)11(2)9-13/h7-9,12,15H,6,10H2,1-5H3,(H,21,22)(H,23,24). The van der Waals surface area contributed by atoms with Crippen LogP contribution in [-0.4, -0.2) is 41.3 Å². The van der Waals surface area contributed by atoms with Crippen molar-refractivity contribution in [1.29, 1.82) is 0 Å². The van der Waals surface area contributed by atoms with Gasteiger partial charge >= 0.3 is 5.97 Å². The van der Waals surface area contributed by atoms with Crippen LogP contribution in [0.15, 0.2) is 18.2 Å². The van der Waals surface area contributed by atoms with E-state index in [9.17, 15) is 14.7 Å². The monoisotopic (exact) mass is 383 g/mol. The molecule has 2 N–H and O–H groups in total. The first-order chi connectivity index (χ1) is 12.0. The van der Waals surface area contributed by atoms with Crippen LogP contribution in [0.25, 0.3) is 0 Å². The van der Waals surface area contributed by atoms with E-state index in [1.165, 1.54) is 0 Å². The molecule has 1 aliphatic rings. The van der Waals surface area contributed by atoms with Gasteiger partial charge in [0.25, 0.3) is 5.91 Å². The Bertz CT molecular complexity index is 705. The summed E-state index contributed by atoms with van der Waals surface area (Å²) in [7, 11) is 0. The molecule has 6 nitrogen and oxygen atoms in total. The Kier molecular flexibility index (Phi) is 5.88. The number of aliphatic carboxylic acids is 1. The number of nitrogens with one attached hydrogen (secondary N) is 1. The summed E-state index contributed by atoms with van der Waals surface area (Å²) in [6.07, 6.45) is -0.852. The van der Waals surface area contributed by atoms with Gasteiger partial charge in [-0.2, -0.15) is 0 Å². The molecule has 1 aromatic rings. The zero-order valence-electron chi connectivity index (χ0n) is 15.8. The minimum atomic E-state index is -1.38. The average Bonchev–Trinajstić information content (AvgIpc) is 2.56. The van der Waals surface area contributed by atoms with E-state index in [4.69, 9.17) is 21.1 Å². The number of carboxylic acid groups (broad SMARTS) is 1. The first-order valence-corrected chi connectivity index (χ1v) is 9.02. The van der Waals surface area contributed by atoms with Crippen molar-refractivity contribution in [3.8, 4) is 5.75 Å². The maximum Gasteiger partial charge on any atom is 0.330 e. The third kappa shape index (κ3) is 3.53. The summed E-state index contributed by atoms with van der Waals surface area (Å²) in [5.41, 5.74) is -1.28. The van der Waals surface area contributed by atoms with Crippen molar-refractivity contribution in [3.05, 3.63) is 28.8 Å². The van der Waals surface area contributed by atoms with Gasteiger partial charge in [-0.1, -0.05) is 25.4 Å². The SMILES string of the molecule is CCOC1CC(NC(=O)C(C)Oc2ccc(Cl)c(C)c2)(C(=O)O)C1(C)C. The number of aryl methyl sites for hydroxylation is 1. The average molecular weight is 384 g/mol. The number of hydrogen-bond donors (Lipinski definition) is 2. The molecular weight excluding hydrogens is 358 g/mol. The normalized spacial score (nSPS) is 25.1. The number of hydrogen-bond acceptors (Lipinski definition) is 4. The number of amides is 1. The van der Waals surface area contributed by atoms with Gasteiger partial charge in [0, 0.05) is 23.5 Å². The Balaban J connectivity index is 2.10. The van der Waals surface area contributed by atoms with Gasteiger partial charge in [0.1, 0.15) is 11.3 Å². The zero-order chi connectivity index (χ0) is 19.7. The van der Waals surface area contributed by atoms with Gasteiger partial charge in [-0.3, -0.25) is 4.79 Å². The van der Waals surface area contributed by atoms with Crippen LogP contribution in [0.5, 0.6) is 5.75 Å². The molecule has 0 aliphatic heterocycles. The van der Waals surface area contributed by atoms with Gasteiger partial charge in [0.05, 0.1) is 6.10 Å². The van der Waals surface area contributed by atoms with Crippen LogP contribution in [0.3, 0.4) is 0 Å². The molecule has 0 spiro atoms. The highest BCUT2D eigenvalue weighted by Crippen LogP contribution is 2.51. The number of carbonyl (C=O) groups excluding carboxylic acids is 1. The molecule has 1 saturated carbocycles. The van der Waals surface area contributed by atoms with E-state index in [-0.39, 0.29) is 12.5 Å². The number of rotatable bonds is 7. The van der Waals surface area contributed by atoms with Crippen LogP contribution >= 0.6 is 11.6 Å². The maximum absolute atomic E-state index is 12.6. The number of benzene rings is 1. The highest BCUT2D eigenvalue weighted by molar-refractivity contribution is 6.31. The zero-order valence-corrected chi connectivity index (χ0v) is 16.5. The molecule has 0 bridgehead atoms. The summed E-state index contributed by atoms with van der Waals surface area (Å²) in [6, 6.07) is 5.10. The van der Waals surface area contributed by atoms with E-state index in [0.29, 0.717) is 17.4 Å². The second-order valence-corrected chi connectivity index (χ2v) is 7.65. The van der Waals surface area contributed by atoms with Crippen LogP contribution in [-0.2, 0) is 14.3 Å². The molecule has 0 heterocycles. The van der Waals surface area contributed by atoms with Gasteiger partial charge in [-0.25, -0.2) is 4.79 Å². The van der Waals surface area contributed by atoms with Crippen molar-refractivity contribution in [1.82, 2.24) is 5.32 Å². The fraction of sp³-hybridized carbons (Fsp3) is 0.579. The second-order valence-electron chi connectivity index (χ2n) is 7.24. The summed E-state index contributed by atoms with van der Waals surface area (Å²) in [5.74, 6) is -1.05. The van der Waals surface area contributed by atoms with Gasteiger partial charge in [0.2, 0.25) is 0 Å². The van der Waals surface area contributed by atoms with Crippen molar-refractivity contribution >= 4 is 23.5 Å². The Hall–Kier alpha value is -1.79. The Morgan fingerprint density at radius 2 is 2.08 bits per heavy atom. The maximum atomic E-state index is 12.6. The van der Waals surface area contributed by atoms with Crippen molar-refractivity contribution < 1.29 is 24.2 Å². The summed E-state index contributed by atoms with van der Waals surface area (Å²) >= 11 is 5.99. The largest absolute Gasteiger partial charge is 0.481 e. The summed E-state index contributed by atoms with van der Waals surface area (Å²) in [4.78, 5) is 24.5. The first-order valence-electron chi connectivity index (χ1n) is 8.65. The molecule has 0 radical (unpaired) electrons. The fourth-order valence-corrected chi connectivity index (χ4v) is 3.41. The highest BCUT2D eigenvalue weighted by atomic mass is 35.5. The van der Waals surface area contributed by atoms with E-state index in [0.717, 1.165) is 5.56 Å². The van der Waals surface area contributed by atoms with Crippen LogP contribution in [0.1, 0.15) is 39.7 Å². The van der Waals surface area contributed by atoms with Crippen LogP contribution in [0.4, 0.5) is 0 Å². The lowest BCUT2D eigenvalue weighted by Crippen LogP contribution is -2.76. The van der Waals surface area contributed by atoms with E-state index in [1.807, 2.05) is 13.8 Å². The van der Waals surface area contributed by atoms with Gasteiger partial charge in [-0.15, -0.1) is 0 Å². The predicted octanol–water partition coefficient (Wildman–Crippen LogP) is 3.19. The van der Waals surface area contributed by atoms with Gasteiger partial charge < -0.3 is 19.9 Å². The molecule has 0 saturated heterocycles. The van der Waals surface area contributed by atoms with E-state index in [1.54, 1.807) is 39.0 Å². The predicted molar refractivity (Wildman–Crippen MR) is 98.6 cm³/mol. The number of carbonyl (C=O) groups is 2. The molecule has 144 valence electrons. The number of halogens is 1. The molecule has 7 heteroatoms. The minimum absolute atomic E-state index is 0.223. The molecule has 0 aromatic heterocycles. The van der Waals surface area contributed by atoms with Crippen LogP contribution in [0, 0.1) is 12.3 Å². The molecule has 1 aromatic carbocycles. The fourth-order valence-electron chi connectivity index (χ4n) is 3.30. The lowest BCUT2D eigenvalue weighted by atomic mass is 9.54. The smallest absolute Gasteiger partial charge is 0.330 e. The second kappa shape index (κ2) is 7.45.